The van der Waals surface area contributed by atoms with E-state index >= 15 is 0 Å². The number of aromatic nitrogens is 2. The Hall–Kier alpha value is -1.89. The van der Waals surface area contributed by atoms with Crippen LogP contribution in [0, 0.1) is 0 Å². The Bertz CT molecular complexity index is 458. The topological polar surface area (TPSA) is 93.2 Å². The molecule has 0 aliphatic rings. The van der Waals surface area contributed by atoms with Crippen LogP contribution in [0.15, 0.2) is 12.5 Å². The Morgan fingerprint density at radius 1 is 1.38 bits per heavy atom. The van der Waals surface area contributed by atoms with Gasteiger partial charge >= 0.3 is 0 Å². The number of nitrogens with zero attached hydrogens (tertiary/aromatic N) is 3. The zero-order valence-electron chi connectivity index (χ0n) is 12.8. The van der Waals surface area contributed by atoms with Crippen LogP contribution in [-0.4, -0.2) is 52.4 Å². The van der Waals surface area contributed by atoms with Gasteiger partial charge in [0.05, 0.1) is 12.9 Å². The molecule has 0 unspecified atom stereocenters. The number of imidazole rings is 1. The molecular formula is C14H25N5O2. The molecule has 3 N–H and O–H groups in total. The van der Waals surface area contributed by atoms with Gasteiger partial charge in [-0.3, -0.25) is 9.59 Å². The number of hydrogen-bond acceptors (Lipinski definition) is 4. The van der Waals surface area contributed by atoms with Crippen LogP contribution in [0.3, 0.4) is 0 Å². The lowest BCUT2D eigenvalue weighted by Crippen LogP contribution is -2.41. The summed E-state index contributed by atoms with van der Waals surface area (Å²) < 4.78 is 1.77. The second kappa shape index (κ2) is 9.12. The van der Waals surface area contributed by atoms with Crippen molar-refractivity contribution in [1.82, 2.24) is 19.8 Å². The second-order valence-corrected chi connectivity index (χ2v) is 4.86. The average Bonchev–Trinajstić information content (AvgIpc) is 2.93. The lowest BCUT2D eigenvalue weighted by Gasteiger charge is -2.20. The van der Waals surface area contributed by atoms with Gasteiger partial charge in [-0.1, -0.05) is 13.8 Å². The van der Waals surface area contributed by atoms with Crippen LogP contribution >= 0.6 is 0 Å². The van der Waals surface area contributed by atoms with Gasteiger partial charge in [0.15, 0.2) is 0 Å². The first-order chi connectivity index (χ1) is 10.1. The minimum Gasteiger partial charge on any atom is -0.355 e. The number of rotatable bonds is 9. The first-order valence-electron chi connectivity index (χ1n) is 7.40. The van der Waals surface area contributed by atoms with Crippen molar-refractivity contribution in [3.63, 3.8) is 0 Å². The molecule has 21 heavy (non-hydrogen) atoms. The fourth-order valence-electron chi connectivity index (χ4n) is 1.92. The Balaban J connectivity index is 2.69. The molecule has 0 saturated heterocycles. The third kappa shape index (κ3) is 5.55. The molecule has 0 radical (unpaired) electrons. The molecular weight excluding hydrogens is 270 g/mol. The van der Waals surface area contributed by atoms with Crippen molar-refractivity contribution in [1.29, 1.82) is 0 Å². The zero-order valence-corrected chi connectivity index (χ0v) is 12.8. The zero-order chi connectivity index (χ0) is 15.7. The van der Waals surface area contributed by atoms with Gasteiger partial charge in [-0.15, -0.1) is 0 Å². The van der Waals surface area contributed by atoms with Crippen molar-refractivity contribution in [2.45, 2.75) is 33.2 Å². The van der Waals surface area contributed by atoms with Gasteiger partial charge in [0.1, 0.15) is 5.69 Å². The highest BCUT2D eigenvalue weighted by molar-refractivity contribution is 5.94. The summed E-state index contributed by atoms with van der Waals surface area (Å²) in [6, 6.07) is 0. The highest BCUT2D eigenvalue weighted by Gasteiger charge is 2.20. The first-order valence-corrected chi connectivity index (χ1v) is 7.40. The van der Waals surface area contributed by atoms with Crippen LogP contribution < -0.4 is 11.1 Å². The Morgan fingerprint density at radius 2 is 2.14 bits per heavy atom. The number of nitrogens with one attached hydrogen (secondary N) is 1. The molecule has 1 rings (SSSR count). The van der Waals surface area contributed by atoms with E-state index in [0.29, 0.717) is 31.9 Å². The van der Waals surface area contributed by atoms with Gasteiger partial charge in [0.25, 0.3) is 5.91 Å². The number of hydrogen-bond donors (Lipinski definition) is 2. The molecule has 0 atom stereocenters. The molecule has 1 heterocycles. The van der Waals surface area contributed by atoms with Gasteiger partial charge in [0, 0.05) is 32.4 Å². The first kappa shape index (κ1) is 17.2. The molecule has 2 amide bonds. The van der Waals surface area contributed by atoms with Crippen molar-refractivity contribution >= 4 is 11.8 Å². The monoisotopic (exact) mass is 295 g/mol. The average molecular weight is 295 g/mol. The Kier molecular flexibility index (Phi) is 7.45. The van der Waals surface area contributed by atoms with Crippen molar-refractivity contribution < 1.29 is 9.59 Å². The quantitative estimate of drug-likeness (QED) is 0.681. The second-order valence-electron chi connectivity index (χ2n) is 4.86. The van der Waals surface area contributed by atoms with E-state index in [-0.39, 0.29) is 18.4 Å². The third-order valence-electron chi connectivity index (χ3n) is 2.93. The molecule has 0 spiro atoms. The van der Waals surface area contributed by atoms with Gasteiger partial charge < -0.3 is 20.5 Å². The third-order valence-corrected chi connectivity index (χ3v) is 2.93. The molecule has 1 aromatic heterocycles. The summed E-state index contributed by atoms with van der Waals surface area (Å²) in [6.45, 7) is 6.28. The summed E-state index contributed by atoms with van der Waals surface area (Å²) in [5, 5.41) is 2.78. The Morgan fingerprint density at radius 3 is 2.76 bits per heavy atom. The molecule has 7 heteroatoms. The van der Waals surface area contributed by atoms with Crippen molar-refractivity contribution in [3.05, 3.63) is 18.2 Å². The van der Waals surface area contributed by atoms with Crippen LogP contribution in [0.5, 0.6) is 0 Å². The van der Waals surface area contributed by atoms with E-state index in [0.717, 1.165) is 12.8 Å². The number of carbonyl (C=O) groups excluding carboxylic acids is 2. The summed E-state index contributed by atoms with van der Waals surface area (Å²) in [6.07, 6.45) is 4.91. The fourth-order valence-corrected chi connectivity index (χ4v) is 1.92. The van der Waals surface area contributed by atoms with Gasteiger partial charge in [-0.05, 0) is 12.8 Å². The molecule has 0 aromatic carbocycles. The summed E-state index contributed by atoms with van der Waals surface area (Å²) in [5.41, 5.74) is 5.82. The SMILES string of the molecule is CCCNC(=O)CN(CCC)C(=O)c1cn(CCN)cn1. The Labute approximate surface area is 125 Å². The highest BCUT2D eigenvalue weighted by Crippen LogP contribution is 2.04. The largest absolute Gasteiger partial charge is 0.355 e. The van der Waals surface area contributed by atoms with Crippen molar-refractivity contribution in [2.75, 3.05) is 26.2 Å². The van der Waals surface area contributed by atoms with E-state index in [1.54, 1.807) is 17.1 Å². The van der Waals surface area contributed by atoms with Crippen LogP contribution in [0.25, 0.3) is 0 Å². The highest BCUT2D eigenvalue weighted by atomic mass is 16.2. The molecule has 1 aromatic rings. The van der Waals surface area contributed by atoms with E-state index in [4.69, 9.17) is 5.73 Å². The smallest absolute Gasteiger partial charge is 0.274 e. The number of carbonyl (C=O) groups is 2. The van der Waals surface area contributed by atoms with Gasteiger partial charge in [-0.2, -0.15) is 0 Å². The van der Waals surface area contributed by atoms with E-state index < -0.39 is 0 Å². The molecule has 0 fully saturated rings. The molecule has 0 bridgehead atoms. The number of nitrogens with two attached hydrogens (primary N) is 1. The van der Waals surface area contributed by atoms with Gasteiger partial charge in [-0.25, -0.2) is 4.98 Å². The van der Waals surface area contributed by atoms with E-state index in [1.165, 1.54) is 4.90 Å². The number of amides is 2. The van der Waals surface area contributed by atoms with Crippen LogP contribution in [0.1, 0.15) is 37.2 Å². The van der Waals surface area contributed by atoms with Crippen LogP contribution in [0.2, 0.25) is 0 Å². The fraction of sp³-hybridized carbons (Fsp3) is 0.643. The standard InChI is InChI=1S/C14H25N5O2/c1-3-6-16-13(20)10-19(7-4-2)14(21)12-9-18(8-5-15)11-17-12/h9,11H,3-8,10,15H2,1-2H3,(H,16,20). The van der Waals surface area contributed by atoms with Crippen molar-refractivity contribution in [2.24, 2.45) is 5.73 Å². The van der Waals surface area contributed by atoms with Crippen LogP contribution in [-0.2, 0) is 11.3 Å². The maximum Gasteiger partial charge on any atom is 0.274 e. The summed E-state index contributed by atoms with van der Waals surface area (Å²) in [7, 11) is 0. The van der Waals surface area contributed by atoms with Crippen LogP contribution in [0.4, 0.5) is 0 Å². The summed E-state index contributed by atoms with van der Waals surface area (Å²) >= 11 is 0. The van der Waals surface area contributed by atoms with E-state index in [2.05, 4.69) is 10.3 Å². The maximum atomic E-state index is 12.4. The van der Waals surface area contributed by atoms with Crippen molar-refractivity contribution in [3.8, 4) is 0 Å². The molecule has 0 saturated carbocycles. The summed E-state index contributed by atoms with van der Waals surface area (Å²) in [5.74, 6) is -0.362. The summed E-state index contributed by atoms with van der Waals surface area (Å²) in [4.78, 5) is 29.8. The minimum absolute atomic E-state index is 0.0659. The maximum absolute atomic E-state index is 12.4. The molecule has 0 aliphatic carbocycles. The lowest BCUT2D eigenvalue weighted by atomic mass is 10.3. The molecule has 7 nitrogen and oxygen atoms in total. The van der Waals surface area contributed by atoms with E-state index in [1.807, 2.05) is 13.8 Å². The normalized spacial score (nSPS) is 10.4. The predicted octanol–water partition coefficient (Wildman–Crippen LogP) is 0.220. The van der Waals surface area contributed by atoms with Gasteiger partial charge in [0.2, 0.25) is 5.91 Å². The van der Waals surface area contributed by atoms with E-state index in [9.17, 15) is 9.59 Å². The minimum atomic E-state index is -0.223. The predicted molar refractivity (Wildman–Crippen MR) is 80.8 cm³/mol. The lowest BCUT2D eigenvalue weighted by molar-refractivity contribution is -0.121. The molecule has 118 valence electrons. The molecule has 0 aliphatic heterocycles.